The number of carbonyl (C=O) groups is 1. The Bertz CT molecular complexity index is 785. The van der Waals surface area contributed by atoms with Gasteiger partial charge in [0.05, 0.1) is 23.0 Å². The van der Waals surface area contributed by atoms with Crippen LogP contribution in [0.1, 0.15) is 41.4 Å². The summed E-state index contributed by atoms with van der Waals surface area (Å²) in [6, 6.07) is 2.21. The molecule has 0 saturated carbocycles. The zero-order chi connectivity index (χ0) is 18.9. The molecule has 2 N–H and O–H groups in total. The van der Waals surface area contributed by atoms with Gasteiger partial charge in [0.25, 0.3) is 5.91 Å². The van der Waals surface area contributed by atoms with Crippen LogP contribution >= 0.6 is 12.4 Å². The lowest BCUT2D eigenvalue weighted by molar-refractivity contribution is -0.137. The van der Waals surface area contributed by atoms with E-state index in [0.29, 0.717) is 23.7 Å². The quantitative estimate of drug-likeness (QED) is 0.805. The highest BCUT2D eigenvalue weighted by atomic mass is 35.5. The van der Waals surface area contributed by atoms with Gasteiger partial charge in [0.2, 0.25) is 0 Å². The third kappa shape index (κ3) is 4.59. The molecule has 0 spiro atoms. The van der Waals surface area contributed by atoms with E-state index in [1.807, 2.05) is 13.8 Å². The van der Waals surface area contributed by atoms with Gasteiger partial charge < -0.3 is 10.6 Å². The maximum absolute atomic E-state index is 12.7. The molecular weight excluding hydrogens is 383 g/mol. The number of rotatable bonds is 5. The molecule has 27 heavy (non-hydrogen) atoms. The molecule has 3 heterocycles. The van der Waals surface area contributed by atoms with Crippen molar-refractivity contribution in [1.82, 2.24) is 25.4 Å². The van der Waals surface area contributed by atoms with Crippen molar-refractivity contribution >= 4 is 18.3 Å². The summed E-state index contributed by atoms with van der Waals surface area (Å²) >= 11 is 0. The Hall–Kier alpha value is -2.13. The van der Waals surface area contributed by atoms with E-state index in [4.69, 9.17) is 0 Å². The van der Waals surface area contributed by atoms with Gasteiger partial charge in [0.15, 0.2) is 5.82 Å². The fourth-order valence-corrected chi connectivity index (χ4v) is 2.78. The molecule has 1 fully saturated rings. The summed E-state index contributed by atoms with van der Waals surface area (Å²) in [6.07, 6.45) is -2.24. The topological polar surface area (TPSA) is 71.8 Å². The Morgan fingerprint density at radius 1 is 1.33 bits per heavy atom. The van der Waals surface area contributed by atoms with Gasteiger partial charge in [0, 0.05) is 31.7 Å². The molecule has 0 radical (unpaired) electrons. The highest BCUT2D eigenvalue weighted by Gasteiger charge is 2.31. The van der Waals surface area contributed by atoms with Crippen LogP contribution in [0.5, 0.6) is 0 Å². The highest BCUT2D eigenvalue weighted by Crippen LogP contribution is 2.29. The molecule has 2 aromatic rings. The molecule has 1 aliphatic heterocycles. The standard InChI is InChI=1S/C17H20F3N5O.ClH/c1-10(2)15-13(16(26)23-7-11-5-21-6-11)9-24-25(15)14-4-3-12(8-22-14)17(18,19)20;/h3-4,8-11,21H,5-7H2,1-2H3,(H,23,26);1H. The summed E-state index contributed by atoms with van der Waals surface area (Å²) in [5.41, 5.74) is 0.196. The van der Waals surface area contributed by atoms with Gasteiger partial charge in [-0.1, -0.05) is 13.8 Å². The first-order valence-corrected chi connectivity index (χ1v) is 8.38. The molecule has 0 aromatic carbocycles. The minimum Gasteiger partial charge on any atom is -0.352 e. The van der Waals surface area contributed by atoms with Crippen molar-refractivity contribution in [2.24, 2.45) is 5.92 Å². The Morgan fingerprint density at radius 2 is 2.04 bits per heavy atom. The van der Waals surface area contributed by atoms with Crippen molar-refractivity contribution in [2.75, 3.05) is 19.6 Å². The lowest BCUT2D eigenvalue weighted by Gasteiger charge is -2.27. The third-order valence-electron chi connectivity index (χ3n) is 4.31. The average Bonchev–Trinajstić information content (AvgIpc) is 2.97. The SMILES string of the molecule is CC(C)c1c(C(=O)NCC2CNC2)cnn1-c1ccc(C(F)(F)F)cn1.Cl. The minimum atomic E-state index is -4.45. The number of alkyl halides is 3. The number of pyridine rings is 1. The second-order valence-corrected chi connectivity index (χ2v) is 6.65. The van der Waals surface area contributed by atoms with E-state index < -0.39 is 11.7 Å². The van der Waals surface area contributed by atoms with E-state index >= 15 is 0 Å². The molecule has 2 aromatic heterocycles. The number of nitrogens with one attached hydrogen (secondary N) is 2. The number of nitrogens with zero attached hydrogens (tertiary/aromatic N) is 3. The molecule has 0 atom stereocenters. The second-order valence-electron chi connectivity index (χ2n) is 6.65. The van der Waals surface area contributed by atoms with Crippen molar-refractivity contribution in [3.05, 3.63) is 41.3 Å². The maximum Gasteiger partial charge on any atom is 0.417 e. The maximum atomic E-state index is 12.7. The first-order chi connectivity index (χ1) is 12.3. The fraction of sp³-hybridized carbons (Fsp3) is 0.471. The highest BCUT2D eigenvalue weighted by molar-refractivity contribution is 5.95. The fourth-order valence-electron chi connectivity index (χ4n) is 2.78. The second kappa shape index (κ2) is 8.26. The normalized spacial score (nSPS) is 14.6. The van der Waals surface area contributed by atoms with Gasteiger partial charge in [-0.2, -0.15) is 18.3 Å². The van der Waals surface area contributed by atoms with Crippen molar-refractivity contribution < 1.29 is 18.0 Å². The van der Waals surface area contributed by atoms with Crippen LogP contribution in [0.2, 0.25) is 0 Å². The van der Waals surface area contributed by atoms with Crippen LogP contribution in [0, 0.1) is 5.92 Å². The first kappa shape index (κ1) is 21.2. The summed E-state index contributed by atoms with van der Waals surface area (Å²) in [5.74, 6) is 0.364. The zero-order valence-corrected chi connectivity index (χ0v) is 15.7. The Kier molecular flexibility index (Phi) is 6.48. The predicted molar refractivity (Wildman–Crippen MR) is 96.4 cm³/mol. The van der Waals surface area contributed by atoms with Gasteiger partial charge >= 0.3 is 6.18 Å². The summed E-state index contributed by atoms with van der Waals surface area (Å²) in [6.45, 7) is 6.12. The first-order valence-electron chi connectivity index (χ1n) is 8.38. The smallest absolute Gasteiger partial charge is 0.352 e. The van der Waals surface area contributed by atoms with E-state index in [0.717, 1.165) is 25.4 Å². The Balaban J connectivity index is 0.00000261. The van der Waals surface area contributed by atoms with Crippen molar-refractivity contribution in [2.45, 2.75) is 25.9 Å². The predicted octanol–water partition coefficient (Wildman–Crippen LogP) is 2.78. The van der Waals surface area contributed by atoms with Crippen LogP contribution in [-0.2, 0) is 6.18 Å². The molecular formula is C17H21ClF3N5O. The van der Waals surface area contributed by atoms with E-state index in [9.17, 15) is 18.0 Å². The number of halogens is 4. The number of amides is 1. The molecule has 1 aliphatic rings. The van der Waals surface area contributed by atoms with Crippen LogP contribution in [0.3, 0.4) is 0 Å². The van der Waals surface area contributed by atoms with E-state index in [-0.39, 0.29) is 30.0 Å². The Labute approximate surface area is 161 Å². The molecule has 1 saturated heterocycles. The summed E-state index contributed by atoms with van der Waals surface area (Å²) in [5, 5.41) is 10.2. The van der Waals surface area contributed by atoms with Crippen LogP contribution in [0.25, 0.3) is 5.82 Å². The van der Waals surface area contributed by atoms with Crippen molar-refractivity contribution in [1.29, 1.82) is 0 Å². The molecule has 6 nitrogen and oxygen atoms in total. The van der Waals surface area contributed by atoms with Crippen LogP contribution in [-0.4, -0.2) is 40.3 Å². The summed E-state index contributed by atoms with van der Waals surface area (Å²) < 4.78 is 39.5. The number of hydrogen-bond donors (Lipinski definition) is 2. The lowest BCUT2D eigenvalue weighted by Crippen LogP contribution is -2.48. The van der Waals surface area contributed by atoms with Gasteiger partial charge in [0.1, 0.15) is 0 Å². The average molecular weight is 404 g/mol. The van der Waals surface area contributed by atoms with E-state index in [1.54, 1.807) is 0 Å². The monoisotopic (exact) mass is 403 g/mol. The lowest BCUT2D eigenvalue weighted by atomic mass is 10.0. The van der Waals surface area contributed by atoms with Crippen LogP contribution < -0.4 is 10.6 Å². The Morgan fingerprint density at radius 3 is 2.52 bits per heavy atom. The molecule has 148 valence electrons. The van der Waals surface area contributed by atoms with E-state index in [2.05, 4.69) is 20.7 Å². The molecule has 0 aliphatic carbocycles. The van der Waals surface area contributed by atoms with Crippen LogP contribution in [0.15, 0.2) is 24.5 Å². The summed E-state index contributed by atoms with van der Waals surface area (Å²) in [7, 11) is 0. The minimum absolute atomic E-state index is 0. The van der Waals surface area contributed by atoms with Gasteiger partial charge in [-0.05, 0) is 18.1 Å². The van der Waals surface area contributed by atoms with Crippen molar-refractivity contribution in [3.8, 4) is 5.82 Å². The number of hydrogen-bond acceptors (Lipinski definition) is 4. The molecule has 0 unspecified atom stereocenters. The number of aromatic nitrogens is 3. The summed E-state index contributed by atoms with van der Waals surface area (Å²) in [4.78, 5) is 16.4. The van der Waals surface area contributed by atoms with Gasteiger partial charge in [-0.15, -0.1) is 12.4 Å². The van der Waals surface area contributed by atoms with Crippen LogP contribution in [0.4, 0.5) is 13.2 Å². The zero-order valence-electron chi connectivity index (χ0n) is 14.9. The van der Waals surface area contributed by atoms with Gasteiger partial charge in [-0.3, -0.25) is 4.79 Å². The molecule has 3 rings (SSSR count). The van der Waals surface area contributed by atoms with E-state index in [1.165, 1.54) is 16.9 Å². The third-order valence-corrected chi connectivity index (χ3v) is 4.31. The molecule has 1 amide bonds. The van der Waals surface area contributed by atoms with Crippen molar-refractivity contribution in [3.63, 3.8) is 0 Å². The van der Waals surface area contributed by atoms with Gasteiger partial charge in [-0.25, -0.2) is 9.67 Å². The number of carbonyl (C=O) groups excluding carboxylic acids is 1. The molecule has 0 bridgehead atoms. The molecule has 10 heteroatoms. The largest absolute Gasteiger partial charge is 0.417 e.